The number of hydrogen-bond acceptors (Lipinski definition) is 5. The molecule has 1 heterocycles. The molecule has 4 aromatic rings. The number of aromatic nitrogens is 1. The van der Waals surface area contributed by atoms with Crippen molar-refractivity contribution < 1.29 is 18.7 Å². The Morgan fingerprint density at radius 3 is 2.23 bits per heavy atom. The summed E-state index contributed by atoms with van der Waals surface area (Å²) in [5.74, 6) is 2.35. The lowest BCUT2D eigenvalue weighted by atomic mass is 10.1. The van der Waals surface area contributed by atoms with Crippen LogP contribution in [0.2, 0.25) is 0 Å². The zero-order valence-electron chi connectivity index (χ0n) is 17.3. The number of hydrogen-bond donors (Lipinski definition) is 1. The van der Waals surface area contributed by atoms with E-state index in [0.29, 0.717) is 29.3 Å². The van der Waals surface area contributed by atoms with Gasteiger partial charge < -0.3 is 19.2 Å². The molecule has 0 radical (unpaired) electrons. The maximum Gasteiger partial charge on any atom is 0.252 e. The predicted molar refractivity (Wildman–Crippen MR) is 118 cm³/mol. The van der Waals surface area contributed by atoms with Crippen molar-refractivity contribution in [3.05, 3.63) is 90.1 Å². The third kappa shape index (κ3) is 4.59. The van der Waals surface area contributed by atoms with Crippen molar-refractivity contribution in [2.75, 3.05) is 14.2 Å². The number of benzene rings is 3. The van der Waals surface area contributed by atoms with Crippen LogP contribution in [-0.2, 0) is 6.54 Å². The van der Waals surface area contributed by atoms with Gasteiger partial charge in [-0.3, -0.25) is 4.79 Å². The molecule has 3 aromatic carbocycles. The summed E-state index contributed by atoms with van der Waals surface area (Å²) < 4.78 is 16.3. The number of oxazole rings is 1. The first-order valence-electron chi connectivity index (χ1n) is 9.78. The van der Waals surface area contributed by atoms with Crippen molar-refractivity contribution >= 4 is 5.91 Å². The van der Waals surface area contributed by atoms with Crippen LogP contribution in [-0.4, -0.2) is 25.1 Å². The summed E-state index contributed by atoms with van der Waals surface area (Å²) in [5, 5.41) is 2.95. The van der Waals surface area contributed by atoms with Gasteiger partial charge in [0.2, 0.25) is 5.89 Å². The average Bonchev–Trinajstić information content (AvgIpc) is 3.33. The summed E-state index contributed by atoms with van der Waals surface area (Å²) in [4.78, 5) is 17.3. The van der Waals surface area contributed by atoms with E-state index in [4.69, 9.17) is 13.9 Å². The maximum atomic E-state index is 12.9. The smallest absolute Gasteiger partial charge is 0.252 e. The molecule has 156 valence electrons. The van der Waals surface area contributed by atoms with Crippen molar-refractivity contribution in [2.24, 2.45) is 0 Å². The second-order valence-corrected chi connectivity index (χ2v) is 6.83. The highest BCUT2D eigenvalue weighted by atomic mass is 16.5. The van der Waals surface area contributed by atoms with Crippen LogP contribution in [0.4, 0.5) is 0 Å². The molecule has 1 aromatic heterocycles. The average molecular weight is 414 g/mol. The number of methoxy groups -OCH3 is 2. The molecule has 0 unspecified atom stereocenters. The Kier molecular flexibility index (Phi) is 5.98. The first-order valence-corrected chi connectivity index (χ1v) is 9.78. The molecule has 0 saturated carbocycles. The second kappa shape index (κ2) is 9.17. The van der Waals surface area contributed by atoms with Crippen molar-refractivity contribution in [1.82, 2.24) is 10.3 Å². The van der Waals surface area contributed by atoms with Gasteiger partial charge in [0.25, 0.3) is 5.91 Å². The van der Waals surface area contributed by atoms with E-state index >= 15 is 0 Å². The van der Waals surface area contributed by atoms with Crippen LogP contribution in [0.5, 0.6) is 11.5 Å². The molecule has 0 aliphatic rings. The largest absolute Gasteiger partial charge is 0.497 e. The van der Waals surface area contributed by atoms with Crippen LogP contribution < -0.4 is 14.8 Å². The lowest BCUT2D eigenvalue weighted by Crippen LogP contribution is -2.23. The highest BCUT2D eigenvalue weighted by Gasteiger charge is 2.17. The van der Waals surface area contributed by atoms with Crippen molar-refractivity contribution in [1.29, 1.82) is 0 Å². The number of carbonyl (C=O) groups is 1. The SMILES string of the molecule is COc1ccc(CNC(=O)c2ccccc2-c2ncc(-c3ccc(OC)cc3)o2)cc1. The molecule has 0 saturated heterocycles. The fourth-order valence-electron chi connectivity index (χ4n) is 3.18. The van der Waals surface area contributed by atoms with Crippen LogP contribution in [0, 0.1) is 0 Å². The van der Waals surface area contributed by atoms with Crippen LogP contribution in [0.1, 0.15) is 15.9 Å². The quantitative estimate of drug-likeness (QED) is 0.463. The number of carbonyl (C=O) groups excluding carboxylic acids is 1. The minimum Gasteiger partial charge on any atom is -0.497 e. The zero-order chi connectivity index (χ0) is 21.6. The van der Waals surface area contributed by atoms with Gasteiger partial charge in [0.1, 0.15) is 11.5 Å². The third-order valence-corrected chi connectivity index (χ3v) is 4.89. The predicted octanol–water partition coefficient (Wildman–Crippen LogP) is 4.96. The number of nitrogens with zero attached hydrogens (tertiary/aromatic N) is 1. The van der Waals surface area contributed by atoms with E-state index in [-0.39, 0.29) is 5.91 Å². The van der Waals surface area contributed by atoms with E-state index in [1.807, 2.05) is 66.7 Å². The minimum absolute atomic E-state index is 0.199. The molecule has 0 fully saturated rings. The Hall–Kier alpha value is -4.06. The lowest BCUT2D eigenvalue weighted by molar-refractivity contribution is 0.0951. The fourth-order valence-corrected chi connectivity index (χ4v) is 3.18. The maximum absolute atomic E-state index is 12.9. The molecule has 4 rings (SSSR count). The molecule has 1 amide bonds. The summed E-state index contributed by atoms with van der Waals surface area (Å²) >= 11 is 0. The van der Waals surface area contributed by atoms with Gasteiger partial charge in [0, 0.05) is 17.7 Å². The summed E-state index contributed by atoms with van der Waals surface area (Å²) in [6.45, 7) is 0.403. The Bertz CT molecular complexity index is 1160. The Morgan fingerprint density at radius 2 is 1.55 bits per heavy atom. The highest BCUT2D eigenvalue weighted by molar-refractivity contribution is 6.00. The molecule has 0 bridgehead atoms. The molecule has 6 heteroatoms. The number of ether oxygens (including phenoxy) is 2. The van der Waals surface area contributed by atoms with Gasteiger partial charge in [-0.25, -0.2) is 4.98 Å². The van der Waals surface area contributed by atoms with Crippen LogP contribution in [0.3, 0.4) is 0 Å². The molecule has 0 aliphatic heterocycles. The topological polar surface area (TPSA) is 73.6 Å². The van der Waals surface area contributed by atoms with E-state index in [1.54, 1.807) is 26.5 Å². The van der Waals surface area contributed by atoms with E-state index in [0.717, 1.165) is 22.6 Å². The van der Waals surface area contributed by atoms with Gasteiger partial charge in [0.05, 0.1) is 26.0 Å². The van der Waals surface area contributed by atoms with Gasteiger partial charge in [-0.05, 0) is 54.1 Å². The molecular weight excluding hydrogens is 392 g/mol. The van der Waals surface area contributed by atoms with Crippen molar-refractivity contribution in [2.45, 2.75) is 6.54 Å². The molecular formula is C25H22N2O4. The third-order valence-electron chi connectivity index (χ3n) is 4.89. The first kappa shape index (κ1) is 20.2. The van der Waals surface area contributed by atoms with Gasteiger partial charge in [-0.15, -0.1) is 0 Å². The summed E-state index contributed by atoms with van der Waals surface area (Å²) in [6, 6.07) is 22.3. The molecule has 0 aliphatic carbocycles. The van der Waals surface area contributed by atoms with E-state index in [1.165, 1.54) is 0 Å². The highest BCUT2D eigenvalue weighted by Crippen LogP contribution is 2.29. The fraction of sp³-hybridized carbons (Fsp3) is 0.120. The number of rotatable bonds is 7. The van der Waals surface area contributed by atoms with Crippen molar-refractivity contribution in [3.63, 3.8) is 0 Å². The Labute approximate surface area is 180 Å². The van der Waals surface area contributed by atoms with Crippen molar-refractivity contribution in [3.8, 4) is 34.3 Å². The molecule has 1 N–H and O–H groups in total. The molecule has 31 heavy (non-hydrogen) atoms. The standard InChI is InChI=1S/C25H22N2O4/c1-29-19-11-7-17(8-12-19)15-26-24(28)21-5-3-4-6-22(21)25-27-16-23(31-25)18-9-13-20(30-2)14-10-18/h3-14,16H,15H2,1-2H3,(H,26,28). The lowest BCUT2D eigenvalue weighted by Gasteiger charge is -2.09. The van der Waals surface area contributed by atoms with Gasteiger partial charge >= 0.3 is 0 Å². The molecule has 0 spiro atoms. The number of amides is 1. The Balaban J connectivity index is 1.52. The van der Waals surface area contributed by atoms with Crippen LogP contribution in [0.15, 0.2) is 83.4 Å². The Morgan fingerprint density at radius 1 is 0.903 bits per heavy atom. The monoisotopic (exact) mass is 414 g/mol. The summed E-state index contributed by atoms with van der Waals surface area (Å²) in [6.07, 6.45) is 1.66. The van der Waals surface area contributed by atoms with Gasteiger partial charge in [-0.1, -0.05) is 24.3 Å². The first-order chi connectivity index (χ1) is 15.2. The van der Waals surface area contributed by atoms with E-state index < -0.39 is 0 Å². The zero-order valence-corrected chi connectivity index (χ0v) is 17.3. The normalized spacial score (nSPS) is 10.5. The summed E-state index contributed by atoms with van der Waals surface area (Å²) in [7, 11) is 3.24. The van der Waals surface area contributed by atoms with E-state index in [2.05, 4.69) is 10.3 Å². The van der Waals surface area contributed by atoms with Crippen LogP contribution >= 0.6 is 0 Å². The molecule has 0 atom stereocenters. The van der Waals surface area contributed by atoms with Gasteiger partial charge in [0.15, 0.2) is 5.76 Å². The van der Waals surface area contributed by atoms with E-state index in [9.17, 15) is 4.79 Å². The minimum atomic E-state index is -0.199. The number of nitrogens with one attached hydrogen (secondary N) is 1. The molecule has 6 nitrogen and oxygen atoms in total. The summed E-state index contributed by atoms with van der Waals surface area (Å²) in [5.41, 5.74) is 2.99. The van der Waals surface area contributed by atoms with Crippen LogP contribution in [0.25, 0.3) is 22.8 Å². The van der Waals surface area contributed by atoms with Gasteiger partial charge in [-0.2, -0.15) is 0 Å². The second-order valence-electron chi connectivity index (χ2n) is 6.83.